The van der Waals surface area contributed by atoms with E-state index in [4.69, 9.17) is 9.52 Å². The number of rotatable bonds is 6. The Morgan fingerprint density at radius 2 is 2.37 bits per heavy atom. The molecule has 0 aliphatic heterocycles. The van der Waals surface area contributed by atoms with Gasteiger partial charge in [-0.25, -0.2) is 4.79 Å². The highest BCUT2D eigenvalue weighted by Gasteiger charge is 2.13. The molecule has 0 fully saturated rings. The summed E-state index contributed by atoms with van der Waals surface area (Å²) in [6, 6.07) is 5.26. The molecule has 2 aromatic heterocycles. The third kappa shape index (κ3) is 3.54. The third-order valence-corrected chi connectivity index (χ3v) is 2.74. The van der Waals surface area contributed by atoms with Crippen LogP contribution in [0, 0.1) is 0 Å². The molecule has 0 aliphatic carbocycles. The Morgan fingerprint density at radius 1 is 1.53 bits per heavy atom. The predicted molar refractivity (Wildman–Crippen MR) is 69.1 cm³/mol. The van der Waals surface area contributed by atoms with Crippen molar-refractivity contribution in [3.63, 3.8) is 0 Å². The first-order valence-corrected chi connectivity index (χ1v) is 6.00. The number of nitrogens with zero attached hydrogens (tertiary/aromatic N) is 2. The molecule has 1 unspecified atom stereocenters. The van der Waals surface area contributed by atoms with Crippen LogP contribution < -0.4 is 5.32 Å². The van der Waals surface area contributed by atoms with Crippen LogP contribution in [0.15, 0.2) is 35.1 Å². The molecule has 6 nitrogen and oxygen atoms in total. The zero-order valence-corrected chi connectivity index (χ0v) is 10.5. The summed E-state index contributed by atoms with van der Waals surface area (Å²) < 4.78 is 5.25. The molecule has 0 saturated carbocycles. The monoisotopic (exact) mass is 261 g/mol. The summed E-state index contributed by atoms with van der Waals surface area (Å²) in [5.74, 6) is 0.184. The zero-order chi connectivity index (χ0) is 13.7. The first kappa shape index (κ1) is 13.1. The summed E-state index contributed by atoms with van der Waals surface area (Å²) in [5, 5.41) is 19.6. The quantitative estimate of drug-likeness (QED) is 0.828. The van der Waals surface area contributed by atoms with Gasteiger partial charge in [0.15, 0.2) is 5.82 Å². The SMILES string of the molecule is CC(CCc1ccco1)Nc1nnccc1C(=O)O. The van der Waals surface area contributed by atoms with Gasteiger partial charge in [-0.2, -0.15) is 5.10 Å². The molecule has 19 heavy (non-hydrogen) atoms. The average Bonchev–Trinajstić information content (AvgIpc) is 2.90. The topological polar surface area (TPSA) is 88.3 Å². The summed E-state index contributed by atoms with van der Waals surface area (Å²) >= 11 is 0. The van der Waals surface area contributed by atoms with Gasteiger partial charge in [0.05, 0.1) is 12.5 Å². The summed E-state index contributed by atoms with van der Waals surface area (Å²) in [4.78, 5) is 11.0. The van der Waals surface area contributed by atoms with Gasteiger partial charge < -0.3 is 14.8 Å². The van der Waals surface area contributed by atoms with E-state index in [9.17, 15) is 4.79 Å². The molecule has 6 heteroatoms. The van der Waals surface area contributed by atoms with Crippen LogP contribution in [0.25, 0.3) is 0 Å². The molecular formula is C13H15N3O3. The van der Waals surface area contributed by atoms with Crippen LogP contribution in [0.1, 0.15) is 29.5 Å². The number of nitrogens with one attached hydrogen (secondary N) is 1. The molecule has 100 valence electrons. The number of anilines is 1. The standard InChI is InChI=1S/C13H15N3O3/c1-9(4-5-10-3-2-8-19-10)15-12-11(13(17)18)6-7-14-16-12/h2-3,6-9H,4-5H2,1H3,(H,15,16)(H,17,18). The van der Waals surface area contributed by atoms with Gasteiger partial charge in [-0.05, 0) is 31.5 Å². The molecule has 0 saturated heterocycles. The lowest BCUT2D eigenvalue weighted by molar-refractivity contribution is 0.0697. The molecule has 0 radical (unpaired) electrons. The van der Waals surface area contributed by atoms with Crippen LogP contribution >= 0.6 is 0 Å². The Kier molecular flexibility index (Phi) is 4.12. The van der Waals surface area contributed by atoms with E-state index in [1.807, 2.05) is 19.1 Å². The van der Waals surface area contributed by atoms with E-state index in [1.165, 1.54) is 12.3 Å². The first-order chi connectivity index (χ1) is 9.16. The molecular weight excluding hydrogens is 246 g/mol. The minimum absolute atomic E-state index is 0.0694. The summed E-state index contributed by atoms with van der Waals surface area (Å²) in [5.41, 5.74) is 0.125. The largest absolute Gasteiger partial charge is 0.478 e. The molecule has 0 bridgehead atoms. The van der Waals surface area contributed by atoms with Crippen molar-refractivity contribution < 1.29 is 14.3 Å². The van der Waals surface area contributed by atoms with Gasteiger partial charge >= 0.3 is 5.97 Å². The van der Waals surface area contributed by atoms with Crippen LogP contribution in [0.5, 0.6) is 0 Å². The summed E-state index contributed by atoms with van der Waals surface area (Å²) in [6.45, 7) is 1.96. The maximum Gasteiger partial charge on any atom is 0.339 e. The molecule has 0 spiro atoms. The Morgan fingerprint density at radius 3 is 3.05 bits per heavy atom. The Bertz CT molecular complexity index is 540. The highest BCUT2D eigenvalue weighted by Crippen LogP contribution is 2.14. The molecule has 1 atom stereocenters. The van der Waals surface area contributed by atoms with Gasteiger partial charge in [0.1, 0.15) is 11.3 Å². The molecule has 2 aromatic rings. The van der Waals surface area contributed by atoms with Crippen LogP contribution in [-0.4, -0.2) is 27.3 Å². The fourth-order valence-corrected chi connectivity index (χ4v) is 1.73. The third-order valence-electron chi connectivity index (χ3n) is 2.74. The predicted octanol–water partition coefficient (Wildman–Crippen LogP) is 2.20. The van der Waals surface area contributed by atoms with Gasteiger partial charge in [-0.1, -0.05) is 0 Å². The molecule has 2 N–H and O–H groups in total. The van der Waals surface area contributed by atoms with Crippen molar-refractivity contribution in [2.45, 2.75) is 25.8 Å². The number of aromatic nitrogens is 2. The zero-order valence-electron chi connectivity index (χ0n) is 10.5. The Labute approximate surface area is 110 Å². The number of hydrogen-bond acceptors (Lipinski definition) is 5. The van der Waals surface area contributed by atoms with Crippen molar-refractivity contribution in [1.29, 1.82) is 0 Å². The van der Waals surface area contributed by atoms with Crippen LogP contribution in [0.4, 0.5) is 5.82 Å². The van der Waals surface area contributed by atoms with Gasteiger partial charge in [0.2, 0.25) is 0 Å². The number of hydrogen-bond donors (Lipinski definition) is 2. The van der Waals surface area contributed by atoms with E-state index in [0.717, 1.165) is 18.6 Å². The van der Waals surface area contributed by atoms with Crippen molar-refractivity contribution in [2.75, 3.05) is 5.32 Å². The minimum Gasteiger partial charge on any atom is -0.478 e. The van der Waals surface area contributed by atoms with E-state index >= 15 is 0 Å². The molecule has 2 rings (SSSR count). The van der Waals surface area contributed by atoms with E-state index < -0.39 is 5.97 Å². The number of carboxylic acid groups (broad SMARTS) is 1. The summed E-state index contributed by atoms with van der Waals surface area (Å²) in [7, 11) is 0. The first-order valence-electron chi connectivity index (χ1n) is 6.00. The highest BCUT2D eigenvalue weighted by molar-refractivity contribution is 5.92. The molecule has 0 aliphatic rings. The van der Waals surface area contributed by atoms with Gasteiger partial charge in [-0.15, -0.1) is 5.10 Å². The Balaban J connectivity index is 1.95. The van der Waals surface area contributed by atoms with Gasteiger partial charge in [0.25, 0.3) is 0 Å². The van der Waals surface area contributed by atoms with Crippen molar-refractivity contribution in [1.82, 2.24) is 10.2 Å². The number of carbonyl (C=O) groups is 1. The van der Waals surface area contributed by atoms with Gasteiger partial charge in [0, 0.05) is 12.5 Å². The van der Waals surface area contributed by atoms with E-state index in [-0.39, 0.29) is 11.6 Å². The lowest BCUT2D eigenvalue weighted by Crippen LogP contribution is -2.19. The number of aryl methyl sites for hydroxylation is 1. The van der Waals surface area contributed by atoms with E-state index in [1.54, 1.807) is 6.26 Å². The van der Waals surface area contributed by atoms with Crippen molar-refractivity contribution in [3.05, 3.63) is 42.0 Å². The van der Waals surface area contributed by atoms with Crippen LogP contribution in [-0.2, 0) is 6.42 Å². The highest BCUT2D eigenvalue weighted by atomic mass is 16.4. The van der Waals surface area contributed by atoms with Crippen LogP contribution in [0.3, 0.4) is 0 Å². The maximum absolute atomic E-state index is 11.0. The maximum atomic E-state index is 11.0. The smallest absolute Gasteiger partial charge is 0.339 e. The van der Waals surface area contributed by atoms with Crippen molar-refractivity contribution >= 4 is 11.8 Å². The molecule has 0 amide bonds. The van der Waals surface area contributed by atoms with Crippen molar-refractivity contribution in [3.8, 4) is 0 Å². The van der Waals surface area contributed by atoms with Gasteiger partial charge in [-0.3, -0.25) is 0 Å². The molecule has 2 heterocycles. The molecule has 0 aromatic carbocycles. The second kappa shape index (κ2) is 5.99. The minimum atomic E-state index is -1.02. The number of carboxylic acids is 1. The second-order valence-corrected chi connectivity index (χ2v) is 4.26. The average molecular weight is 261 g/mol. The Hall–Kier alpha value is -2.37. The van der Waals surface area contributed by atoms with Crippen molar-refractivity contribution in [2.24, 2.45) is 0 Å². The lowest BCUT2D eigenvalue weighted by Gasteiger charge is -2.14. The fourth-order valence-electron chi connectivity index (χ4n) is 1.73. The lowest BCUT2D eigenvalue weighted by atomic mass is 10.1. The summed E-state index contributed by atoms with van der Waals surface area (Å²) in [6.07, 6.45) is 4.59. The van der Waals surface area contributed by atoms with Crippen LogP contribution in [0.2, 0.25) is 0 Å². The second-order valence-electron chi connectivity index (χ2n) is 4.26. The van der Waals surface area contributed by atoms with E-state index in [2.05, 4.69) is 15.5 Å². The van der Waals surface area contributed by atoms with E-state index in [0.29, 0.717) is 5.82 Å². The number of furan rings is 1. The number of aromatic carboxylic acids is 1. The fraction of sp³-hybridized carbons (Fsp3) is 0.308. The normalized spacial score (nSPS) is 12.1.